The van der Waals surface area contributed by atoms with Gasteiger partial charge in [-0.3, -0.25) is 15.0 Å². The average Bonchev–Trinajstić information content (AvgIpc) is 2.86. The summed E-state index contributed by atoms with van der Waals surface area (Å²) >= 11 is 0. The summed E-state index contributed by atoms with van der Waals surface area (Å²) in [7, 11) is 1.48. The molecule has 2 rings (SSSR count). The number of rotatable bonds is 3. The van der Waals surface area contributed by atoms with Crippen LogP contribution in [0.15, 0.2) is 24.3 Å². The first-order valence-corrected chi connectivity index (χ1v) is 8.07. The molecule has 0 aromatic heterocycles. The van der Waals surface area contributed by atoms with Crippen LogP contribution in [-0.4, -0.2) is 56.1 Å². The summed E-state index contributed by atoms with van der Waals surface area (Å²) in [4.78, 5) is 27.6. The molecule has 2 N–H and O–H groups in total. The lowest BCUT2D eigenvalue weighted by Crippen LogP contribution is -2.50. The standard InChI is InChI=1S/C17H23N5O2/c1-13(16(23)20-17(24)19-2)21-8-5-9-22(11-10-21)15-7-4-3-6-14(15)12-18/h3-4,6-7,13H,5,8-11H2,1-2H3,(H2,19,20,23,24)/t13-/m0/s1. The largest absolute Gasteiger partial charge is 0.369 e. The SMILES string of the molecule is CNC(=O)NC(=O)[C@H](C)N1CCCN(c2ccccc2C#N)CC1. The van der Waals surface area contributed by atoms with E-state index >= 15 is 0 Å². The van der Waals surface area contributed by atoms with E-state index in [0.717, 1.165) is 31.7 Å². The minimum atomic E-state index is -0.494. The quantitative estimate of drug-likeness (QED) is 0.861. The van der Waals surface area contributed by atoms with Crippen molar-refractivity contribution >= 4 is 17.6 Å². The molecule has 128 valence electrons. The molecule has 1 fully saturated rings. The summed E-state index contributed by atoms with van der Waals surface area (Å²) in [5, 5.41) is 14.0. The van der Waals surface area contributed by atoms with Crippen LogP contribution in [0.25, 0.3) is 0 Å². The number of carbonyl (C=O) groups is 2. The molecule has 0 saturated carbocycles. The van der Waals surface area contributed by atoms with Gasteiger partial charge in [0.25, 0.3) is 0 Å². The number of benzene rings is 1. The molecule has 1 atom stereocenters. The van der Waals surface area contributed by atoms with Crippen molar-refractivity contribution in [3.8, 4) is 6.07 Å². The second-order valence-electron chi connectivity index (χ2n) is 5.75. The third kappa shape index (κ3) is 4.24. The molecule has 1 aromatic rings. The van der Waals surface area contributed by atoms with Gasteiger partial charge >= 0.3 is 6.03 Å². The van der Waals surface area contributed by atoms with Crippen LogP contribution in [0, 0.1) is 11.3 Å². The maximum Gasteiger partial charge on any atom is 0.321 e. The molecule has 3 amide bonds. The molecule has 1 aromatic carbocycles. The van der Waals surface area contributed by atoms with E-state index in [-0.39, 0.29) is 11.9 Å². The van der Waals surface area contributed by atoms with E-state index in [1.165, 1.54) is 7.05 Å². The van der Waals surface area contributed by atoms with Gasteiger partial charge in [0.2, 0.25) is 5.91 Å². The van der Waals surface area contributed by atoms with Crippen LogP contribution >= 0.6 is 0 Å². The van der Waals surface area contributed by atoms with E-state index in [0.29, 0.717) is 12.1 Å². The Labute approximate surface area is 142 Å². The highest BCUT2D eigenvalue weighted by atomic mass is 16.2. The van der Waals surface area contributed by atoms with E-state index in [1.54, 1.807) is 6.92 Å². The van der Waals surface area contributed by atoms with Gasteiger partial charge in [0, 0.05) is 33.2 Å². The van der Waals surface area contributed by atoms with Crippen molar-refractivity contribution in [3.05, 3.63) is 29.8 Å². The Kier molecular flexibility index (Phi) is 6.15. The van der Waals surface area contributed by atoms with Crippen LogP contribution in [0.3, 0.4) is 0 Å². The predicted molar refractivity (Wildman–Crippen MR) is 91.6 cm³/mol. The molecule has 24 heavy (non-hydrogen) atoms. The lowest BCUT2D eigenvalue weighted by molar-refractivity contribution is -0.124. The maximum atomic E-state index is 12.1. The van der Waals surface area contributed by atoms with Crippen molar-refractivity contribution in [1.82, 2.24) is 15.5 Å². The van der Waals surface area contributed by atoms with Gasteiger partial charge in [-0.1, -0.05) is 12.1 Å². The Hall–Kier alpha value is -2.59. The Morgan fingerprint density at radius 3 is 2.67 bits per heavy atom. The van der Waals surface area contributed by atoms with Crippen molar-refractivity contribution in [2.75, 3.05) is 38.1 Å². The molecule has 1 saturated heterocycles. The monoisotopic (exact) mass is 329 g/mol. The first-order chi connectivity index (χ1) is 11.6. The third-order valence-electron chi connectivity index (χ3n) is 4.29. The molecule has 0 radical (unpaired) electrons. The number of amides is 3. The summed E-state index contributed by atoms with van der Waals surface area (Å²) in [6.45, 7) is 4.84. The predicted octanol–water partition coefficient (Wildman–Crippen LogP) is 0.914. The number of nitrogens with zero attached hydrogens (tertiary/aromatic N) is 3. The highest BCUT2D eigenvalue weighted by Gasteiger charge is 2.25. The van der Waals surface area contributed by atoms with Gasteiger partial charge < -0.3 is 10.2 Å². The number of carbonyl (C=O) groups excluding carboxylic acids is 2. The molecule has 1 aliphatic heterocycles. The average molecular weight is 329 g/mol. The van der Waals surface area contributed by atoms with E-state index in [1.807, 2.05) is 24.3 Å². The van der Waals surface area contributed by atoms with Crippen LogP contribution in [0.4, 0.5) is 10.5 Å². The summed E-state index contributed by atoms with van der Waals surface area (Å²) < 4.78 is 0. The van der Waals surface area contributed by atoms with Crippen LogP contribution in [0.1, 0.15) is 18.9 Å². The number of hydrogen-bond acceptors (Lipinski definition) is 5. The summed E-state index contributed by atoms with van der Waals surface area (Å²) in [5.41, 5.74) is 1.60. The Morgan fingerprint density at radius 1 is 1.21 bits per heavy atom. The number of para-hydroxylation sites is 1. The van der Waals surface area contributed by atoms with Gasteiger partial charge in [-0.25, -0.2) is 4.79 Å². The smallest absolute Gasteiger partial charge is 0.321 e. The summed E-state index contributed by atoms with van der Waals surface area (Å²) in [6, 6.07) is 8.91. The van der Waals surface area contributed by atoms with Crippen LogP contribution in [0.2, 0.25) is 0 Å². The Bertz CT molecular complexity index is 640. The zero-order valence-corrected chi connectivity index (χ0v) is 14.1. The number of urea groups is 1. The molecule has 1 heterocycles. The molecular weight excluding hydrogens is 306 g/mol. The van der Waals surface area contributed by atoms with Crippen molar-refractivity contribution < 1.29 is 9.59 Å². The van der Waals surface area contributed by atoms with Crippen molar-refractivity contribution in [3.63, 3.8) is 0 Å². The zero-order chi connectivity index (χ0) is 17.5. The van der Waals surface area contributed by atoms with Crippen LogP contribution < -0.4 is 15.5 Å². The number of imide groups is 1. The third-order valence-corrected chi connectivity index (χ3v) is 4.29. The Morgan fingerprint density at radius 2 is 1.96 bits per heavy atom. The van der Waals surface area contributed by atoms with E-state index in [9.17, 15) is 14.9 Å². The second kappa shape index (κ2) is 8.31. The highest BCUT2D eigenvalue weighted by molar-refractivity contribution is 5.96. The van der Waals surface area contributed by atoms with Gasteiger partial charge in [0.15, 0.2) is 0 Å². The molecule has 0 spiro atoms. The van der Waals surface area contributed by atoms with E-state index < -0.39 is 6.03 Å². The molecule has 0 unspecified atom stereocenters. The number of hydrogen-bond donors (Lipinski definition) is 2. The fraction of sp³-hybridized carbons (Fsp3) is 0.471. The highest BCUT2D eigenvalue weighted by Crippen LogP contribution is 2.21. The fourth-order valence-electron chi connectivity index (χ4n) is 2.85. The summed E-state index contributed by atoms with van der Waals surface area (Å²) in [5.74, 6) is -0.305. The molecular formula is C17H23N5O2. The van der Waals surface area contributed by atoms with Gasteiger partial charge in [-0.05, 0) is 25.5 Å². The van der Waals surface area contributed by atoms with Crippen molar-refractivity contribution in [2.24, 2.45) is 0 Å². The lowest BCUT2D eigenvalue weighted by Gasteiger charge is -2.27. The van der Waals surface area contributed by atoms with Crippen LogP contribution in [-0.2, 0) is 4.79 Å². The van der Waals surface area contributed by atoms with Crippen molar-refractivity contribution in [1.29, 1.82) is 5.26 Å². The van der Waals surface area contributed by atoms with Gasteiger partial charge in [0.05, 0.1) is 17.3 Å². The molecule has 0 aliphatic carbocycles. The molecule has 0 bridgehead atoms. The van der Waals surface area contributed by atoms with Gasteiger partial charge in [-0.15, -0.1) is 0 Å². The second-order valence-corrected chi connectivity index (χ2v) is 5.75. The van der Waals surface area contributed by atoms with E-state index in [2.05, 4.69) is 26.5 Å². The molecule has 7 heteroatoms. The van der Waals surface area contributed by atoms with E-state index in [4.69, 9.17) is 0 Å². The fourth-order valence-corrected chi connectivity index (χ4v) is 2.85. The summed E-state index contributed by atoms with van der Waals surface area (Å²) in [6.07, 6.45) is 0.886. The van der Waals surface area contributed by atoms with Gasteiger partial charge in [0.1, 0.15) is 6.07 Å². The number of anilines is 1. The minimum Gasteiger partial charge on any atom is -0.369 e. The minimum absolute atomic E-state index is 0.305. The molecule has 7 nitrogen and oxygen atoms in total. The molecule has 1 aliphatic rings. The van der Waals surface area contributed by atoms with Crippen LogP contribution in [0.5, 0.6) is 0 Å². The van der Waals surface area contributed by atoms with Gasteiger partial charge in [-0.2, -0.15) is 5.26 Å². The normalized spacial score (nSPS) is 16.6. The Balaban J connectivity index is 2.01. The first-order valence-electron chi connectivity index (χ1n) is 8.07. The first kappa shape index (κ1) is 17.8. The lowest BCUT2D eigenvalue weighted by atomic mass is 10.1. The number of nitrogens with one attached hydrogen (secondary N) is 2. The maximum absolute atomic E-state index is 12.1. The van der Waals surface area contributed by atoms with Crippen molar-refractivity contribution in [2.45, 2.75) is 19.4 Å². The zero-order valence-electron chi connectivity index (χ0n) is 14.1. The number of nitriles is 1. The topological polar surface area (TPSA) is 88.5 Å².